The smallest absolute Gasteiger partial charge is 0.268 e. The normalized spacial score (nSPS) is 20.0. The Balaban J connectivity index is 1.59. The summed E-state index contributed by atoms with van der Waals surface area (Å²) in [5.74, 6) is 4.42. The molecule has 1 fully saturated rings. The van der Waals surface area contributed by atoms with Gasteiger partial charge in [-0.2, -0.15) is 16.7 Å². The number of aryl methyl sites for hydroxylation is 1. The van der Waals surface area contributed by atoms with E-state index in [4.69, 9.17) is 4.52 Å². The van der Waals surface area contributed by atoms with Crippen LogP contribution in [0.15, 0.2) is 10.6 Å². The van der Waals surface area contributed by atoms with Gasteiger partial charge in [0.15, 0.2) is 5.82 Å². The fraction of sp³-hybridized carbons (Fsp3) is 0.571. The van der Waals surface area contributed by atoms with E-state index in [1.54, 1.807) is 0 Å². The largest absolute Gasteiger partial charge is 0.333 e. The molecule has 4 heterocycles. The van der Waals surface area contributed by atoms with Crippen molar-refractivity contribution in [2.45, 2.75) is 30.9 Å². The van der Waals surface area contributed by atoms with E-state index in [1.165, 1.54) is 22.6 Å². The highest BCUT2D eigenvalue weighted by molar-refractivity contribution is 7.98. The number of aromatic nitrogens is 2. The van der Waals surface area contributed by atoms with E-state index in [0.717, 1.165) is 42.4 Å². The Morgan fingerprint density at radius 1 is 1.30 bits per heavy atom. The lowest BCUT2D eigenvalue weighted by Gasteiger charge is -2.18. The minimum atomic E-state index is 0.457. The van der Waals surface area contributed by atoms with Crippen molar-refractivity contribution >= 4 is 23.1 Å². The molecule has 1 saturated heterocycles. The molecule has 0 amide bonds. The first-order valence-electron chi connectivity index (χ1n) is 7.14. The molecule has 2 aliphatic rings. The van der Waals surface area contributed by atoms with Crippen molar-refractivity contribution in [3.8, 4) is 10.8 Å². The zero-order chi connectivity index (χ0) is 13.4. The molecule has 0 atom stereocenters. The number of hydrogen-bond donors (Lipinski definition) is 1. The van der Waals surface area contributed by atoms with Gasteiger partial charge >= 0.3 is 0 Å². The molecule has 4 nitrogen and oxygen atoms in total. The molecule has 2 aromatic heterocycles. The zero-order valence-electron chi connectivity index (χ0n) is 11.2. The SMILES string of the molecule is c1c(-c2nc(C3CCNCC3)no2)sc2c1CSCC2. The Morgan fingerprint density at radius 2 is 2.20 bits per heavy atom. The molecule has 1 N–H and O–H groups in total. The summed E-state index contributed by atoms with van der Waals surface area (Å²) in [6, 6.07) is 2.24. The third-order valence-electron chi connectivity index (χ3n) is 3.98. The standard InChI is InChI=1S/C14H17N3OS2/c1-4-15-5-2-9(1)13-16-14(18-17-13)12-7-10-8-19-6-3-11(10)20-12/h7,9,15H,1-6,8H2. The highest BCUT2D eigenvalue weighted by Gasteiger charge is 2.23. The minimum absolute atomic E-state index is 0.457. The maximum Gasteiger partial charge on any atom is 0.268 e. The second-order valence-corrected chi connectivity index (χ2v) is 7.59. The van der Waals surface area contributed by atoms with Gasteiger partial charge in [-0.3, -0.25) is 0 Å². The van der Waals surface area contributed by atoms with Gasteiger partial charge < -0.3 is 9.84 Å². The molecule has 0 aliphatic carbocycles. The number of hydrogen-bond acceptors (Lipinski definition) is 6. The summed E-state index contributed by atoms with van der Waals surface area (Å²) in [4.78, 5) is 7.29. The molecule has 20 heavy (non-hydrogen) atoms. The van der Waals surface area contributed by atoms with E-state index >= 15 is 0 Å². The summed E-state index contributed by atoms with van der Waals surface area (Å²) in [5, 5.41) is 7.58. The number of nitrogens with zero attached hydrogens (tertiary/aromatic N) is 2. The van der Waals surface area contributed by atoms with E-state index < -0.39 is 0 Å². The predicted octanol–water partition coefficient (Wildman–Crippen LogP) is 3.05. The molecule has 6 heteroatoms. The third kappa shape index (κ3) is 2.40. The van der Waals surface area contributed by atoms with Gasteiger partial charge in [0.1, 0.15) is 0 Å². The number of nitrogens with one attached hydrogen (secondary N) is 1. The molecule has 106 valence electrons. The number of fused-ring (bicyclic) bond motifs is 1. The van der Waals surface area contributed by atoms with Crippen LogP contribution in [-0.4, -0.2) is 29.0 Å². The molecule has 2 aliphatic heterocycles. The van der Waals surface area contributed by atoms with E-state index in [9.17, 15) is 0 Å². The molecule has 0 bridgehead atoms. The fourth-order valence-corrected chi connectivity index (χ4v) is 5.13. The topological polar surface area (TPSA) is 51.0 Å². The van der Waals surface area contributed by atoms with Gasteiger partial charge in [0.05, 0.1) is 4.88 Å². The van der Waals surface area contributed by atoms with Gasteiger partial charge in [-0.05, 0) is 49.7 Å². The zero-order valence-corrected chi connectivity index (χ0v) is 12.9. The van der Waals surface area contributed by atoms with Crippen molar-refractivity contribution in [1.29, 1.82) is 0 Å². The van der Waals surface area contributed by atoms with Crippen molar-refractivity contribution < 1.29 is 4.52 Å². The second kappa shape index (κ2) is 5.50. The molecular formula is C14H17N3OS2. The summed E-state index contributed by atoms with van der Waals surface area (Å²) in [6.45, 7) is 2.11. The first-order valence-corrected chi connectivity index (χ1v) is 9.11. The number of thioether (sulfide) groups is 1. The van der Waals surface area contributed by atoms with E-state index in [-0.39, 0.29) is 0 Å². The van der Waals surface area contributed by atoms with Crippen LogP contribution in [0.25, 0.3) is 10.8 Å². The molecule has 0 radical (unpaired) electrons. The second-order valence-electron chi connectivity index (χ2n) is 5.34. The van der Waals surface area contributed by atoms with Gasteiger partial charge in [-0.25, -0.2) is 0 Å². The average Bonchev–Trinajstić information content (AvgIpc) is 3.14. The average molecular weight is 307 g/mol. The van der Waals surface area contributed by atoms with Crippen LogP contribution >= 0.6 is 23.1 Å². The van der Waals surface area contributed by atoms with Gasteiger partial charge in [0.2, 0.25) is 0 Å². The van der Waals surface area contributed by atoms with Crippen molar-refractivity contribution in [2.24, 2.45) is 0 Å². The van der Waals surface area contributed by atoms with E-state index in [0.29, 0.717) is 11.8 Å². The Labute approximate surface area is 126 Å². The highest BCUT2D eigenvalue weighted by atomic mass is 32.2. The van der Waals surface area contributed by atoms with Crippen LogP contribution in [0.5, 0.6) is 0 Å². The summed E-state index contributed by atoms with van der Waals surface area (Å²) in [7, 11) is 0. The van der Waals surface area contributed by atoms with Crippen molar-refractivity contribution in [2.75, 3.05) is 18.8 Å². The molecule has 0 saturated carbocycles. The summed E-state index contributed by atoms with van der Waals surface area (Å²) in [5.41, 5.74) is 1.46. The van der Waals surface area contributed by atoms with Gasteiger partial charge in [0.25, 0.3) is 5.89 Å². The van der Waals surface area contributed by atoms with Crippen molar-refractivity contribution in [1.82, 2.24) is 15.5 Å². The minimum Gasteiger partial charge on any atom is -0.333 e. The van der Waals surface area contributed by atoms with Crippen LogP contribution in [0.2, 0.25) is 0 Å². The Kier molecular flexibility index (Phi) is 3.54. The van der Waals surface area contributed by atoms with Crippen molar-refractivity contribution in [3.05, 3.63) is 22.3 Å². The Bertz CT molecular complexity index is 578. The monoisotopic (exact) mass is 307 g/mol. The summed E-state index contributed by atoms with van der Waals surface area (Å²) >= 11 is 3.83. The van der Waals surface area contributed by atoms with Crippen LogP contribution in [0, 0.1) is 0 Å². The lowest BCUT2D eigenvalue weighted by molar-refractivity contribution is 0.392. The highest BCUT2D eigenvalue weighted by Crippen LogP contribution is 2.37. The molecular weight excluding hydrogens is 290 g/mol. The Hall–Kier alpha value is -0.850. The lowest BCUT2D eigenvalue weighted by atomic mass is 9.98. The maximum absolute atomic E-state index is 5.50. The van der Waals surface area contributed by atoms with Crippen LogP contribution in [-0.2, 0) is 12.2 Å². The van der Waals surface area contributed by atoms with Crippen molar-refractivity contribution in [3.63, 3.8) is 0 Å². The summed E-state index contributed by atoms with van der Waals surface area (Å²) in [6.07, 6.45) is 3.40. The van der Waals surface area contributed by atoms with E-state index in [1.807, 2.05) is 23.1 Å². The Morgan fingerprint density at radius 3 is 3.05 bits per heavy atom. The number of rotatable bonds is 2. The van der Waals surface area contributed by atoms with Crippen LogP contribution in [0.3, 0.4) is 0 Å². The molecule has 0 spiro atoms. The van der Waals surface area contributed by atoms with E-state index in [2.05, 4.69) is 21.5 Å². The lowest BCUT2D eigenvalue weighted by Crippen LogP contribution is -2.27. The third-order valence-corrected chi connectivity index (χ3v) is 6.22. The predicted molar refractivity (Wildman–Crippen MR) is 82.3 cm³/mol. The number of piperidine rings is 1. The molecule has 0 aromatic carbocycles. The molecule has 4 rings (SSSR count). The quantitative estimate of drug-likeness (QED) is 0.924. The number of thiophene rings is 1. The summed E-state index contributed by atoms with van der Waals surface area (Å²) < 4.78 is 5.50. The van der Waals surface area contributed by atoms with Gasteiger partial charge in [-0.1, -0.05) is 5.16 Å². The van der Waals surface area contributed by atoms with Crippen LogP contribution in [0.1, 0.15) is 35.0 Å². The van der Waals surface area contributed by atoms with Gasteiger partial charge in [-0.15, -0.1) is 11.3 Å². The first-order chi connectivity index (χ1) is 9.90. The first kappa shape index (κ1) is 12.9. The van der Waals surface area contributed by atoms with Crippen LogP contribution < -0.4 is 5.32 Å². The molecule has 0 unspecified atom stereocenters. The van der Waals surface area contributed by atoms with Crippen LogP contribution in [0.4, 0.5) is 0 Å². The maximum atomic E-state index is 5.50. The molecule has 2 aromatic rings. The van der Waals surface area contributed by atoms with Gasteiger partial charge in [0, 0.05) is 16.5 Å². The fourth-order valence-electron chi connectivity index (χ4n) is 2.83.